The SMILES string of the molecule is COc1ccc(CCN2C(=O)[C@H](CC(=O)Nc3ccc(C(=O)O)cc3)SC2=Nc2ccccc2)cc1OC. The minimum absolute atomic E-state index is 0.0507. The summed E-state index contributed by atoms with van der Waals surface area (Å²) in [4.78, 5) is 43.5. The molecule has 0 saturated carbocycles. The van der Waals surface area contributed by atoms with E-state index in [0.29, 0.717) is 41.0 Å². The van der Waals surface area contributed by atoms with Crippen molar-refractivity contribution in [1.82, 2.24) is 4.90 Å². The van der Waals surface area contributed by atoms with E-state index in [9.17, 15) is 14.4 Å². The number of aliphatic imine (C=N–C) groups is 1. The van der Waals surface area contributed by atoms with Crippen molar-refractivity contribution in [3.8, 4) is 11.5 Å². The molecule has 1 saturated heterocycles. The largest absolute Gasteiger partial charge is 0.493 e. The normalized spacial score (nSPS) is 15.9. The molecular formula is C28H27N3O6S. The zero-order valence-electron chi connectivity index (χ0n) is 20.9. The molecule has 1 heterocycles. The Kier molecular flexibility index (Phi) is 8.65. The lowest BCUT2D eigenvalue weighted by Crippen LogP contribution is -2.35. The Hall–Kier alpha value is -4.31. The molecule has 1 atom stereocenters. The van der Waals surface area contributed by atoms with Crippen LogP contribution in [0.5, 0.6) is 11.5 Å². The quantitative estimate of drug-likeness (QED) is 0.391. The van der Waals surface area contributed by atoms with E-state index in [1.807, 2.05) is 48.5 Å². The monoisotopic (exact) mass is 533 g/mol. The topological polar surface area (TPSA) is 118 Å². The first-order chi connectivity index (χ1) is 18.4. The minimum atomic E-state index is -1.05. The number of hydrogen-bond donors (Lipinski definition) is 2. The highest BCUT2D eigenvalue weighted by molar-refractivity contribution is 8.15. The number of nitrogens with one attached hydrogen (secondary N) is 1. The Morgan fingerprint density at radius 3 is 2.37 bits per heavy atom. The zero-order chi connectivity index (χ0) is 27.1. The summed E-state index contributed by atoms with van der Waals surface area (Å²) in [5.74, 6) is -0.356. The summed E-state index contributed by atoms with van der Waals surface area (Å²) in [6.07, 6.45) is 0.500. The van der Waals surface area contributed by atoms with Gasteiger partial charge in [0.25, 0.3) is 0 Å². The number of para-hydroxylation sites is 1. The van der Waals surface area contributed by atoms with Crippen LogP contribution < -0.4 is 14.8 Å². The van der Waals surface area contributed by atoms with Crippen LogP contribution in [0.2, 0.25) is 0 Å². The number of methoxy groups -OCH3 is 2. The summed E-state index contributed by atoms with van der Waals surface area (Å²) < 4.78 is 10.7. The molecule has 0 aromatic heterocycles. The van der Waals surface area contributed by atoms with E-state index in [-0.39, 0.29) is 23.8 Å². The number of anilines is 1. The summed E-state index contributed by atoms with van der Waals surface area (Å²) in [6.45, 7) is 0.377. The fourth-order valence-corrected chi connectivity index (χ4v) is 5.08. The Bertz CT molecular complexity index is 1340. The lowest BCUT2D eigenvalue weighted by Gasteiger charge is -2.17. The second-order valence-electron chi connectivity index (χ2n) is 8.40. The van der Waals surface area contributed by atoms with Crippen LogP contribution in [0.3, 0.4) is 0 Å². The number of rotatable bonds is 10. The van der Waals surface area contributed by atoms with Crippen molar-refractivity contribution in [3.05, 3.63) is 83.9 Å². The third-order valence-electron chi connectivity index (χ3n) is 5.86. The van der Waals surface area contributed by atoms with Crippen LogP contribution in [0.25, 0.3) is 0 Å². The molecule has 1 aliphatic heterocycles. The number of nitrogens with zero attached hydrogens (tertiary/aromatic N) is 2. The van der Waals surface area contributed by atoms with Crippen LogP contribution in [-0.4, -0.2) is 59.0 Å². The summed E-state index contributed by atoms with van der Waals surface area (Å²) in [5.41, 5.74) is 2.25. The number of aromatic carboxylic acids is 1. The molecular weight excluding hydrogens is 506 g/mol. The number of amides is 2. The standard InChI is InChI=1S/C28H27N3O6S/c1-36-22-13-8-18(16-23(22)37-2)14-15-31-26(33)24(38-28(31)30-20-6-4-3-5-7-20)17-25(32)29-21-11-9-19(10-12-21)27(34)35/h3-13,16,24H,14-15,17H2,1-2H3,(H,29,32)(H,34,35)/t24-/m0/s1. The lowest BCUT2D eigenvalue weighted by molar-refractivity contribution is -0.128. The van der Waals surface area contributed by atoms with Gasteiger partial charge in [-0.25, -0.2) is 9.79 Å². The van der Waals surface area contributed by atoms with Gasteiger partial charge in [0.2, 0.25) is 11.8 Å². The van der Waals surface area contributed by atoms with Crippen LogP contribution in [0.1, 0.15) is 22.3 Å². The summed E-state index contributed by atoms with van der Waals surface area (Å²) in [5, 5.41) is 11.7. The van der Waals surface area contributed by atoms with Crippen molar-refractivity contribution < 1.29 is 29.0 Å². The molecule has 0 radical (unpaired) electrons. The molecule has 1 aliphatic rings. The Labute approximate surface area is 224 Å². The number of ether oxygens (including phenoxy) is 2. The maximum Gasteiger partial charge on any atom is 0.335 e. The van der Waals surface area contributed by atoms with Gasteiger partial charge < -0.3 is 19.9 Å². The van der Waals surface area contributed by atoms with Gasteiger partial charge in [0.15, 0.2) is 16.7 Å². The summed E-state index contributed by atoms with van der Waals surface area (Å²) >= 11 is 1.26. The Morgan fingerprint density at radius 1 is 1.00 bits per heavy atom. The maximum atomic E-state index is 13.4. The molecule has 38 heavy (non-hydrogen) atoms. The van der Waals surface area contributed by atoms with Gasteiger partial charge in [-0.2, -0.15) is 0 Å². The average Bonchev–Trinajstić information content (AvgIpc) is 3.21. The highest BCUT2D eigenvalue weighted by atomic mass is 32.2. The maximum absolute atomic E-state index is 13.4. The molecule has 0 spiro atoms. The molecule has 196 valence electrons. The van der Waals surface area contributed by atoms with E-state index in [4.69, 9.17) is 14.6 Å². The number of carboxylic acid groups (broad SMARTS) is 1. The predicted molar refractivity (Wildman–Crippen MR) is 147 cm³/mol. The van der Waals surface area contributed by atoms with Crippen molar-refractivity contribution in [2.45, 2.75) is 18.1 Å². The summed E-state index contributed by atoms with van der Waals surface area (Å²) in [6, 6.07) is 20.8. The number of carbonyl (C=O) groups is 3. The number of hydrogen-bond acceptors (Lipinski definition) is 7. The van der Waals surface area contributed by atoms with E-state index in [0.717, 1.165) is 5.56 Å². The molecule has 10 heteroatoms. The first-order valence-electron chi connectivity index (χ1n) is 11.8. The van der Waals surface area contributed by atoms with Crippen molar-refractivity contribution in [2.75, 3.05) is 26.1 Å². The first-order valence-corrected chi connectivity index (χ1v) is 12.7. The van der Waals surface area contributed by atoms with Crippen LogP contribution in [0.4, 0.5) is 11.4 Å². The van der Waals surface area contributed by atoms with Crippen LogP contribution in [0, 0.1) is 0 Å². The zero-order valence-corrected chi connectivity index (χ0v) is 21.7. The molecule has 4 rings (SSSR count). The predicted octanol–water partition coefficient (Wildman–Crippen LogP) is 4.61. The van der Waals surface area contributed by atoms with Crippen LogP contribution in [0.15, 0.2) is 77.8 Å². The van der Waals surface area contributed by atoms with Crippen molar-refractivity contribution in [2.24, 2.45) is 4.99 Å². The number of carbonyl (C=O) groups excluding carboxylic acids is 2. The highest BCUT2D eigenvalue weighted by Crippen LogP contribution is 2.33. The summed E-state index contributed by atoms with van der Waals surface area (Å²) in [7, 11) is 3.15. The lowest BCUT2D eigenvalue weighted by atomic mass is 10.1. The van der Waals surface area contributed by atoms with Gasteiger partial charge >= 0.3 is 5.97 Å². The highest BCUT2D eigenvalue weighted by Gasteiger charge is 2.39. The number of carboxylic acids is 1. The number of amidine groups is 1. The van der Waals surface area contributed by atoms with Crippen LogP contribution >= 0.6 is 11.8 Å². The number of benzene rings is 3. The van der Waals surface area contributed by atoms with Gasteiger partial charge in [-0.3, -0.25) is 14.5 Å². The van der Waals surface area contributed by atoms with Gasteiger partial charge in [0.05, 0.1) is 25.5 Å². The van der Waals surface area contributed by atoms with E-state index < -0.39 is 11.2 Å². The van der Waals surface area contributed by atoms with E-state index in [2.05, 4.69) is 10.3 Å². The van der Waals surface area contributed by atoms with Gasteiger partial charge in [-0.1, -0.05) is 36.0 Å². The van der Waals surface area contributed by atoms with E-state index in [1.165, 1.54) is 36.0 Å². The second-order valence-corrected chi connectivity index (χ2v) is 9.57. The minimum Gasteiger partial charge on any atom is -0.493 e. The molecule has 1 fully saturated rings. The van der Waals surface area contributed by atoms with Crippen molar-refractivity contribution in [3.63, 3.8) is 0 Å². The third kappa shape index (κ3) is 6.51. The molecule has 3 aromatic carbocycles. The van der Waals surface area contributed by atoms with Gasteiger partial charge in [-0.05, 0) is 60.5 Å². The Morgan fingerprint density at radius 2 is 1.71 bits per heavy atom. The molecule has 9 nitrogen and oxygen atoms in total. The average molecular weight is 534 g/mol. The number of thioether (sulfide) groups is 1. The third-order valence-corrected chi connectivity index (χ3v) is 7.03. The molecule has 0 aliphatic carbocycles. The van der Waals surface area contributed by atoms with Gasteiger partial charge in [0, 0.05) is 18.7 Å². The second kappa shape index (κ2) is 12.3. The first kappa shape index (κ1) is 26.7. The van der Waals surface area contributed by atoms with Crippen molar-refractivity contribution >= 4 is 46.1 Å². The fourth-order valence-electron chi connectivity index (χ4n) is 3.90. The van der Waals surface area contributed by atoms with Gasteiger partial charge in [0.1, 0.15) is 5.25 Å². The molecule has 2 amide bonds. The van der Waals surface area contributed by atoms with E-state index in [1.54, 1.807) is 19.1 Å². The van der Waals surface area contributed by atoms with Crippen LogP contribution in [-0.2, 0) is 16.0 Å². The molecule has 0 unspecified atom stereocenters. The van der Waals surface area contributed by atoms with Gasteiger partial charge in [-0.15, -0.1) is 0 Å². The van der Waals surface area contributed by atoms with E-state index >= 15 is 0 Å². The molecule has 2 N–H and O–H groups in total. The van der Waals surface area contributed by atoms with Crippen molar-refractivity contribution in [1.29, 1.82) is 0 Å². The molecule has 0 bridgehead atoms. The Balaban J connectivity index is 1.48. The fraction of sp³-hybridized carbons (Fsp3) is 0.214. The molecule has 3 aromatic rings. The smallest absolute Gasteiger partial charge is 0.335 e.